The first-order valence-corrected chi connectivity index (χ1v) is 7.52. The Bertz CT molecular complexity index is 427. The molecule has 1 aromatic rings. The molecule has 0 saturated heterocycles. The minimum atomic E-state index is -1.06. The lowest BCUT2D eigenvalue weighted by molar-refractivity contribution is -0.0859. The second kappa shape index (κ2) is 9.15. The van der Waals surface area contributed by atoms with Crippen molar-refractivity contribution in [2.24, 2.45) is 0 Å². The van der Waals surface area contributed by atoms with Crippen LogP contribution in [0.5, 0.6) is 0 Å². The fourth-order valence-electron chi connectivity index (χ4n) is 2.02. The first-order valence-electron chi connectivity index (χ1n) is 6.44. The van der Waals surface area contributed by atoms with Crippen molar-refractivity contribution in [3.8, 4) is 0 Å². The van der Waals surface area contributed by atoms with Crippen molar-refractivity contribution in [3.05, 3.63) is 33.4 Å². The van der Waals surface area contributed by atoms with Crippen molar-refractivity contribution in [2.45, 2.75) is 31.9 Å². The molecule has 5 nitrogen and oxygen atoms in total. The number of methoxy groups -OCH3 is 1. The third-order valence-electron chi connectivity index (χ3n) is 2.86. The highest BCUT2D eigenvalue weighted by atomic mass is 127. The van der Waals surface area contributed by atoms with Crippen LogP contribution in [0.4, 0.5) is 4.79 Å². The van der Waals surface area contributed by atoms with Gasteiger partial charge in [0, 0.05) is 10.7 Å². The van der Waals surface area contributed by atoms with Gasteiger partial charge in [0.15, 0.2) is 0 Å². The molecule has 0 aromatic heterocycles. The van der Waals surface area contributed by atoms with Gasteiger partial charge < -0.3 is 19.9 Å². The second-order valence-corrected chi connectivity index (χ2v) is 5.51. The Morgan fingerprint density at radius 3 is 2.70 bits per heavy atom. The highest BCUT2D eigenvalue weighted by Gasteiger charge is 2.26. The van der Waals surface area contributed by atoms with E-state index >= 15 is 0 Å². The number of hydrogen-bond acceptors (Lipinski definition) is 3. The van der Waals surface area contributed by atoms with Crippen LogP contribution in [0.3, 0.4) is 0 Å². The summed E-state index contributed by atoms with van der Waals surface area (Å²) in [5.74, 6) is 0. The van der Waals surface area contributed by atoms with Crippen LogP contribution in [-0.4, -0.2) is 31.2 Å². The molecule has 0 aliphatic heterocycles. The van der Waals surface area contributed by atoms with E-state index in [0.717, 1.165) is 22.0 Å². The van der Waals surface area contributed by atoms with Crippen LogP contribution < -0.4 is 5.32 Å². The molecule has 0 spiro atoms. The van der Waals surface area contributed by atoms with E-state index < -0.39 is 12.1 Å². The van der Waals surface area contributed by atoms with Gasteiger partial charge in [-0.15, -0.1) is 0 Å². The lowest BCUT2D eigenvalue weighted by Crippen LogP contribution is -2.37. The Hall–Kier alpha value is -0.860. The first kappa shape index (κ1) is 17.2. The van der Waals surface area contributed by atoms with Crippen LogP contribution in [0.25, 0.3) is 0 Å². The zero-order valence-corrected chi connectivity index (χ0v) is 13.8. The van der Waals surface area contributed by atoms with E-state index in [4.69, 9.17) is 14.6 Å². The highest BCUT2D eigenvalue weighted by Crippen LogP contribution is 2.26. The molecule has 0 heterocycles. The van der Waals surface area contributed by atoms with E-state index in [1.54, 1.807) is 7.11 Å². The Balaban J connectivity index is 3.01. The molecular weight excluding hydrogens is 373 g/mol. The molecule has 1 aromatic carbocycles. The molecule has 2 unspecified atom stereocenters. The summed E-state index contributed by atoms with van der Waals surface area (Å²) < 4.78 is 11.6. The average Bonchev–Trinajstić information content (AvgIpc) is 2.42. The fraction of sp³-hybridized carbons (Fsp3) is 0.500. The number of carboxylic acid groups (broad SMARTS) is 1. The van der Waals surface area contributed by atoms with Gasteiger partial charge in [0.1, 0.15) is 6.79 Å². The number of halogens is 1. The van der Waals surface area contributed by atoms with Crippen LogP contribution >= 0.6 is 22.6 Å². The zero-order chi connectivity index (χ0) is 15.0. The maximum Gasteiger partial charge on any atom is 0.405 e. The van der Waals surface area contributed by atoms with E-state index in [0.29, 0.717) is 0 Å². The molecule has 0 radical (unpaired) electrons. The van der Waals surface area contributed by atoms with Crippen LogP contribution in [0.15, 0.2) is 24.3 Å². The number of rotatable bonds is 8. The second-order valence-electron chi connectivity index (χ2n) is 4.35. The van der Waals surface area contributed by atoms with Crippen molar-refractivity contribution in [1.29, 1.82) is 0 Å². The largest absolute Gasteiger partial charge is 0.465 e. The third kappa shape index (κ3) is 5.26. The van der Waals surface area contributed by atoms with Crippen LogP contribution in [0, 0.1) is 3.57 Å². The summed E-state index contributed by atoms with van der Waals surface area (Å²) in [7, 11) is 1.55. The maximum absolute atomic E-state index is 11.1. The summed E-state index contributed by atoms with van der Waals surface area (Å²) in [6.07, 6.45) is 0.332. The maximum atomic E-state index is 11.1. The average molecular weight is 393 g/mol. The molecule has 0 bridgehead atoms. The molecule has 2 atom stereocenters. The quantitative estimate of drug-likeness (QED) is 0.525. The summed E-state index contributed by atoms with van der Waals surface area (Å²) in [5.41, 5.74) is 0.921. The van der Waals surface area contributed by atoms with Crippen molar-refractivity contribution >= 4 is 28.7 Å². The molecular formula is C14H20INO4. The van der Waals surface area contributed by atoms with Crippen LogP contribution in [-0.2, 0) is 9.47 Å². The van der Waals surface area contributed by atoms with Gasteiger partial charge in [0.05, 0.1) is 12.1 Å². The Morgan fingerprint density at radius 2 is 2.15 bits per heavy atom. The smallest absolute Gasteiger partial charge is 0.405 e. The SMILES string of the molecule is CCCC(OCOC)C(NC(=O)O)c1ccccc1I. The molecule has 0 saturated carbocycles. The monoisotopic (exact) mass is 393 g/mol. The Kier molecular flexibility index (Phi) is 7.86. The molecule has 0 fully saturated rings. The van der Waals surface area contributed by atoms with Crippen LogP contribution in [0.2, 0.25) is 0 Å². The highest BCUT2D eigenvalue weighted by molar-refractivity contribution is 14.1. The summed E-state index contributed by atoms with van der Waals surface area (Å²) >= 11 is 2.20. The van der Waals surface area contributed by atoms with Gasteiger partial charge in [0.25, 0.3) is 0 Å². The first-order chi connectivity index (χ1) is 9.60. The Labute approximate surface area is 132 Å². The van der Waals surface area contributed by atoms with Crippen molar-refractivity contribution in [2.75, 3.05) is 13.9 Å². The van der Waals surface area contributed by atoms with Gasteiger partial charge in [-0.1, -0.05) is 31.5 Å². The molecule has 0 aliphatic rings. The van der Waals surface area contributed by atoms with Crippen LogP contribution in [0.1, 0.15) is 31.4 Å². The van der Waals surface area contributed by atoms with E-state index in [9.17, 15) is 4.79 Å². The third-order valence-corrected chi connectivity index (χ3v) is 3.85. The van der Waals surface area contributed by atoms with Gasteiger partial charge in [-0.05, 0) is 40.6 Å². The number of carbonyl (C=O) groups is 1. The number of nitrogens with one attached hydrogen (secondary N) is 1. The summed E-state index contributed by atoms with van der Waals surface area (Å²) in [6, 6.07) is 7.28. The molecule has 0 aliphatic carbocycles. The topological polar surface area (TPSA) is 67.8 Å². The summed E-state index contributed by atoms with van der Waals surface area (Å²) in [4.78, 5) is 11.1. The molecule has 20 heavy (non-hydrogen) atoms. The van der Waals surface area contributed by atoms with E-state index in [1.807, 2.05) is 31.2 Å². The van der Waals surface area contributed by atoms with Gasteiger partial charge in [-0.2, -0.15) is 0 Å². The van der Waals surface area contributed by atoms with E-state index in [1.165, 1.54) is 0 Å². The summed E-state index contributed by atoms with van der Waals surface area (Å²) in [5, 5.41) is 11.6. The van der Waals surface area contributed by atoms with E-state index in [-0.39, 0.29) is 12.9 Å². The van der Waals surface area contributed by atoms with Crippen molar-refractivity contribution in [3.63, 3.8) is 0 Å². The van der Waals surface area contributed by atoms with Crippen molar-refractivity contribution in [1.82, 2.24) is 5.32 Å². The minimum absolute atomic E-state index is 0.145. The molecule has 2 N–H and O–H groups in total. The minimum Gasteiger partial charge on any atom is -0.465 e. The molecule has 1 amide bonds. The number of hydrogen-bond donors (Lipinski definition) is 2. The molecule has 6 heteroatoms. The van der Waals surface area contributed by atoms with Gasteiger partial charge in [0.2, 0.25) is 0 Å². The van der Waals surface area contributed by atoms with Gasteiger partial charge >= 0.3 is 6.09 Å². The normalized spacial score (nSPS) is 13.8. The van der Waals surface area contributed by atoms with E-state index in [2.05, 4.69) is 27.9 Å². The van der Waals surface area contributed by atoms with Gasteiger partial charge in [-0.3, -0.25) is 0 Å². The molecule has 112 valence electrons. The predicted octanol–water partition coefficient (Wildman–Crippen LogP) is 3.39. The molecule has 1 rings (SSSR count). The zero-order valence-electron chi connectivity index (χ0n) is 11.6. The number of benzene rings is 1. The Morgan fingerprint density at radius 1 is 1.45 bits per heavy atom. The lowest BCUT2D eigenvalue weighted by Gasteiger charge is -2.28. The number of ether oxygens (including phenoxy) is 2. The lowest BCUT2D eigenvalue weighted by atomic mass is 9.98. The van der Waals surface area contributed by atoms with Crippen molar-refractivity contribution < 1.29 is 19.4 Å². The number of amides is 1. The predicted molar refractivity (Wildman–Crippen MR) is 84.7 cm³/mol. The standard InChI is InChI=1S/C14H20INO4/c1-3-6-12(20-9-19-2)13(16-14(17)18)10-7-4-5-8-11(10)15/h4-5,7-8,12-13,16H,3,6,9H2,1-2H3,(H,17,18). The summed E-state index contributed by atoms with van der Waals surface area (Å²) in [6.45, 7) is 2.18. The fourth-order valence-corrected chi connectivity index (χ4v) is 2.74. The van der Waals surface area contributed by atoms with Gasteiger partial charge in [-0.25, -0.2) is 4.79 Å².